The van der Waals surface area contributed by atoms with Crippen molar-refractivity contribution in [2.75, 3.05) is 0 Å². The standard InChI is InChI=1S/C20H14N2O3/c1-11-6-2-3-7-12(11)16-14(10-21)19(22)25-18-13-8-4-5-9-15(13)24-20(23)17(16)18/h2-9,16H,22H2,1H3. The van der Waals surface area contributed by atoms with Crippen LogP contribution in [0.2, 0.25) is 0 Å². The third-order valence-corrected chi connectivity index (χ3v) is 4.47. The highest BCUT2D eigenvalue weighted by atomic mass is 16.5. The van der Waals surface area contributed by atoms with E-state index >= 15 is 0 Å². The zero-order chi connectivity index (χ0) is 17.6. The molecule has 0 fully saturated rings. The molecule has 0 aliphatic carbocycles. The van der Waals surface area contributed by atoms with Gasteiger partial charge in [-0.15, -0.1) is 0 Å². The van der Waals surface area contributed by atoms with Crippen LogP contribution in [0.5, 0.6) is 5.75 Å². The van der Waals surface area contributed by atoms with Crippen LogP contribution in [0.25, 0.3) is 11.0 Å². The van der Waals surface area contributed by atoms with Gasteiger partial charge in [0.05, 0.1) is 16.9 Å². The topological polar surface area (TPSA) is 89.3 Å². The van der Waals surface area contributed by atoms with E-state index < -0.39 is 11.5 Å². The molecular weight excluding hydrogens is 316 g/mol. The molecule has 2 heterocycles. The maximum Gasteiger partial charge on any atom is 0.344 e. The molecule has 0 saturated heterocycles. The highest BCUT2D eigenvalue weighted by Gasteiger charge is 2.35. The van der Waals surface area contributed by atoms with Gasteiger partial charge in [-0.1, -0.05) is 36.4 Å². The molecule has 1 unspecified atom stereocenters. The summed E-state index contributed by atoms with van der Waals surface area (Å²) in [5, 5.41) is 10.3. The van der Waals surface area contributed by atoms with E-state index in [0.29, 0.717) is 22.3 Å². The molecule has 0 amide bonds. The van der Waals surface area contributed by atoms with Gasteiger partial charge in [-0.05, 0) is 30.2 Å². The SMILES string of the molecule is Cc1ccccc1C1C(C#N)=C(N)Oc2c1c(=O)oc1ccccc21. The summed E-state index contributed by atoms with van der Waals surface area (Å²) in [5.74, 6) is -0.244. The molecule has 25 heavy (non-hydrogen) atoms. The molecule has 0 radical (unpaired) electrons. The molecule has 0 saturated carbocycles. The fourth-order valence-electron chi connectivity index (χ4n) is 3.29. The Morgan fingerprint density at radius 2 is 1.84 bits per heavy atom. The molecule has 4 rings (SSSR count). The molecule has 5 heteroatoms. The summed E-state index contributed by atoms with van der Waals surface area (Å²) in [7, 11) is 0. The fraction of sp³-hybridized carbons (Fsp3) is 0.100. The summed E-state index contributed by atoms with van der Waals surface area (Å²) in [6, 6.07) is 16.8. The number of fused-ring (bicyclic) bond motifs is 3. The Labute approximate surface area is 143 Å². The number of hydrogen-bond donors (Lipinski definition) is 1. The zero-order valence-electron chi connectivity index (χ0n) is 13.4. The Bertz CT molecular complexity index is 1140. The molecule has 2 aromatic carbocycles. The number of para-hydroxylation sites is 1. The Morgan fingerprint density at radius 3 is 2.60 bits per heavy atom. The van der Waals surface area contributed by atoms with Crippen LogP contribution in [0, 0.1) is 18.3 Å². The van der Waals surface area contributed by atoms with Crippen molar-refractivity contribution in [1.29, 1.82) is 5.26 Å². The van der Waals surface area contributed by atoms with E-state index in [2.05, 4.69) is 6.07 Å². The third kappa shape index (κ3) is 2.19. The Morgan fingerprint density at radius 1 is 1.12 bits per heavy atom. The first-order chi connectivity index (χ1) is 12.1. The second-order valence-corrected chi connectivity index (χ2v) is 5.91. The van der Waals surface area contributed by atoms with Crippen molar-refractivity contribution in [3.05, 3.63) is 87.1 Å². The minimum atomic E-state index is -0.615. The van der Waals surface area contributed by atoms with E-state index in [1.165, 1.54) is 0 Å². The molecule has 122 valence electrons. The number of nitrogens with two attached hydrogens (primary N) is 1. The normalized spacial score (nSPS) is 16.2. The lowest BCUT2D eigenvalue weighted by molar-refractivity contribution is 0.388. The lowest BCUT2D eigenvalue weighted by atomic mass is 9.82. The summed E-state index contributed by atoms with van der Waals surface area (Å²) in [4.78, 5) is 12.7. The molecule has 3 aromatic rings. The number of nitriles is 1. The van der Waals surface area contributed by atoms with Crippen LogP contribution in [0.1, 0.15) is 22.6 Å². The van der Waals surface area contributed by atoms with E-state index in [1.807, 2.05) is 37.3 Å². The van der Waals surface area contributed by atoms with Crippen molar-refractivity contribution in [3.8, 4) is 11.8 Å². The van der Waals surface area contributed by atoms with E-state index in [9.17, 15) is 10.1 Å². The maximum atomic E-state index is 12.7. The molecular formula is C20H14N2O3. The number of nitrogens with zero attached hydrogens (tertiary/aromatic N) is 1. The first kappa shape index (κ1) is 15.0. The quantitative estimate of drug-likeness (QED) is 0.691. The Kier molecular flexibility index (Phi) is 3.33. The molecule has 1 aromatic heterocycles. The second-order valence-electron chi connectivity index (χ2n) is 5.91. The highest BCUT2D eigenvalue weighted by Crippen LogP contribution is 2.44. The van der Waals surface area contributed by atoms with Gasteiger partial charge in [-0.2, -0.15) is 5.26 Å². The van der Waals surface area contributed by atoms with Crippen LogP contribution in [-0.4, -0.2) is 0 Å². The number of hydrogen-bond acceptors (Lipinski definition) is 5. The smallest absolute Gasteiger partial charge is 0.344 e. The van der Waals surface area contributed by atoms with Gasteiger partial charge in [-0.25, -0.2) is 4.79 Å². The molecule has 1 aliphatic rings. The average molecular weight is 330 g/mol. The summed E-state index contributed by atoms with van der Waals surface area (Å²) >= 11 is 0. The number of benzene rings is 2. The lowest BCUT2D eigenvalue weighted by Crippen LogP contribution is -2.26. The average Bonchev–Trinajstić information content (AvgIpc) is 2.61. The van der Waals surface area contributed by atoms with Crippen molar-refractivity contribution >= 4 is 11.0 Å². The largest absolute Gasteiger partial charge is 0.439 e. The van der Waals surface area contributed by atoms with Crippen LogP contribution >= 0.6 is 0 Å². The number of aryl methyl sites for hydroxylation is 1. The molecule has 0 bridgehead atoms. The molecule has 1 aliphatic heterocycles. The molecule has 2 N–H and O–H groups in total. The Balaban J connectivity index is 2.12. The highest BCUT2D eigenvalue weighted by molar-refractivity contribution is 5.86. The summed E-state index contributed by atoms with van der Waals surface area (Å²) < 4.78 is 11.2. The minimum absolute atomic E-state index is 0.0130. The van der Waals surface area contributed by atoms with Gasteiger partial charge in [0.1, 0.15) is 17.2 Å². The predicted octanol–water partition coefficient (Wildman–Crippen LogP) is 3.32. The lowest BCUT2D eigenvalue weighted by Gasteiger charge is -2.26. The zero-order valence-corrected chi connectivity index (χ0v) is 13.4. The second kappa shape index (κ2) is 5.53. The summed E-state index contributed by atoms with van der Waals surface area (Å²) in [6.45, 7) is 1.93. The summed E-state index contributed by atoms with van der Waals surface area (Å²) in [5.41, 5.74) is 8.22. The number of allylic oxidation sites excluding steroid dienone is 1. The molecule has 1 atom stereocenters. The predicted molar refractivity (Wildman–Crippen MR) is 93.0 cm³/mol. The van der Waals surface area contributed by atoms with Crippen molar-refractivity contribution < 1.29 is 9.15 Å². The van der Waals surface area contributed by atoms with Gasteiger partial charge < -0.3 is 14.9 Å². The Hall–Kier alpha value is -3.52. The molecule has 5 nitrogen and oxygen atoms in total. The summed E-state index contributed by atoms with van der Waals surface area (Å²) in [6.07, 6.45) is 0. The van der Waals surface area contributed by atoms with Crippen molar-refractivity contribution in [3.63, 3.8) is 0 Å². The van der Waals surface area contributed by atoms with E-state index in [-0.39, 0.29) is 11.5 Å². The van der Waals surface area contributed by atoms with Crippen LogP contribution in [0.4, 0.5) is 0 Å². The third-order valence-electron chi connectivity index (χ3n) is 4.47. The van der Waals surface area contributed by atoms with Crippen molar-refractivity contribution in [2.24, 2.45) is 5.73 Å². The van der Waals surface area contributed by atoms with E-state index in [4.69, 9.17) is 14.9 Å². The minimum Gasteiger partial charge on any atom is -0.439 e. The fourth-order valence-corrected chi connectivity index (χ4v) is 3.29. The van der Waals surface area contributed by atoms with Gasteiger partial charge in [0, 0.05) is 0 Å². The van der Waals surface area contributed by atoms with E-state index in [0.717, 1.165) is 11.1 Å². The van der Waals surface area contributed by atoms with Crippen molar-refractivity contribution in [1.82, 2.24) is 0 Å². The van der Waals surface area contributed by atoms with Gasteiger partial charge in [0.25, 0.3) is 0 Å². The maximum absolute atomic E-state index is 12.7. The van der Waals surface area contributed by atoms with E-state index in [1.54, 1.807) is 18.2 Å². The van der Waals surface area contributed by atoms with Crippen LogP contribution in [0.15, 0.2) is 69.2 Å². The van der Waals surface area contributed by atoms with Gasteiger partial charge >= 0.3 is 5.63 Å². The van der Waals surface area contributed by atoms with Crippen LogP contribution in [0.3, 0.4) is 0 Å². The van der Waals surface area contributed by atoms with Crippen LogP contribution in [-0.2, 0) is 0 Å². The first-order valence-electron chi connectivity index (χ1n) is 7.80. The van der Waals surface area contributed by atoms with Crippen molar-refractivity contribution in [2.45, 2.75) is 12.8 Å². The van der Waals surface area contributed by atoms with Crippen LogP contribution < -0.4 is 16.1 Å². The van der Waals surface area contributed by atoms with Gasteiger partial charge in [-0.3, -0.25) is 0 Å². The number of rotatable bonds is 1. The number of ether oxygens (including phenoxy) is 1. The molecule has 0 spiro atoms. The van der Waals surface area contributed by atoms with Gasteiger partial charge in [0.15, 0.2) is 5.75 Å². The monoisotopic (exact) mass is 330 g/mol. The first-order valence-corrected chi connectivity index (χ1v) is 7.80. The van der Waals surface area contributed by atoms with Gasteiger partial charge in [0.2, 0.25) is 5.88 Å².